The van der Waals surface area contributed by atoms with Gasteiger partial charge < -0.3 is 10.6 Å². The Bertz CT molecular complexity index is 1250. The molecule has 3 rings (SSSR count). The van der Waals surface area contributed by atoms with E-state index in [1.165, 1.54) is 30.3 Å². The Hall–Kier alpha value is -3.07. The first kappa shape index (κ1) is 23.6. The predicted molar refractivity (Wildman–Crippen MR) is 125 cm³/mol. The summed E-state index contributed by atoms with van der Waals surface area (Å²) in [4.78, 5) is 24.5. The van der Waals surface area contributed by atoms with E-state index in [0.717, 1.165) is 0 Å². The first-order chi connectivity index (χ1) is 15.3. The summed E-state index contributed by atoms with van der Waals surface area (Å²) in [6.45, 7) is 0.316. The second kappa shape index (κ2) is 10.5. The average Bonchev–Trinajstić information content (AvgIpc) is 2.76. The Labute approximate surface area is 195 Å². The number of hydrogen-bond acceptors (Lipinski definition) is 4. The molecule has 166 valence electrons. The lowest BCUT2D eigenvalue weighted by atomic mass is 10.2. The second-order valence-corrected chi connectivity index (χ2v) is 9.16. The van der Waals surface area contributed by atoms with Gasteiger partial charge in [0.25, 0.3) is 21.8 Å². The zero-order valence-electron chi connectivity index (χ0n) is 16.6. The number of rotatable bonds is 8. The summed E-state index contributed by atoms with van der Waals surface area (Å²) in [7, 11) is -3.92. The van der Waals surface area contributed by atoms with Crippen molar-refractivity contribution in [3.63, 3.8) is 0 Å². The van der Waals surface area contributed by atoms with Crippen LogP contribution in [-0.2, 0) is 10.0 Å². The highest BCUT2D eigenvalue weighted by Crippen LogP contribution is 2.20. The number of hydrogen-bond donors (Lipinski definition) is 3. The molecule has 0 spiro atoms. The number of sulfonamides is 1. The zero-order chi connectivity index (χ0) is 23.1. The lowest BCUT2D eigenvalue weighted by Gasteiger charge is -2.11. The summed E-state index contributed by atoms with van der Waals surface area (Å²) >= 11 is 11.9. The van der Waals surface area contributed by atoms with Crippen LogP contribution in [0, 0.1) is 0 Å². The normalized spacial score (nSPS) is 10.9. The Morgan fingerprint density at radius 3 is 2.19 bits per heavy atom. The Kier molecular flexibility index (Phi) is 7.74. The van der Waals surface area contributed by atoms with Crippen molar-refractivity contribution in [1.29, 1.82) is 0 Å². The van der Waals surface area contributed by atoms with Gasteiger partial charge in [-0.3, -0.25) is 14.3 Å². The van der Waals surface area contributed by atoms with E-state index < -0.39 is 15.9 Å². The second-order valence-electron chi connectivity index (χ2n) is 6.64. The molecule has 0 atom stereocenters. The summed E-state index contributed by atoms with van der Waals surface area (Å²) in [6.07, 6.45) is 0. The summed E-state index contributed by atoms with van der Waals surface area (Å²) in [5, 5.41) is 6.02. The first-order valence-electron chi connectivity index (χ1n) is 9.45. The molecule has 0 fully saturated rings. The summed E-state index contributed by atoms with van der Waals surface area (Å²) in [5.74, 6) is -0.832. The minimum atomic E-state index is -3.92. The molecule has 7 nitrogen and oxygen atoms in total. The van der Waals surface area contributed by atoms with Crippen molar-refractivity contribution in [1.82, 2.24) is 10.6 Å². The van der Waals surface area contributed by atoms with Gasteiger partial charge in [0.2, 0.25) is 0 Å². The van der Waals surface area contributed by atoms with Crippen molar-refractivity contribution in [3.05, 3.63) is 94.0 Å². The van der Waals surface area contributed by atoms with Crippen molar-refractivity contribution in [2.45, 2.75) is 4.90 Å². The SMILES string of the molecule is O=C(NCCNC(=O)c1ccccc1Cl)c1cccc(S(=O)(=O)Nc2cccc(Cl)c2)c1. The largest absolute Gasteiger partial charge is 0.350 e. The van der Waals surface area contributed by atoms with Gasteiger partial charge in [-0.25, -0.2) is 8.42 Å². The summed E-state index contributed by atoms with van der Waals surface area (Å²) < 4.78 is 27.7. The molecule has 10 heteroatoms. The topological polar surface area (TPSA) is 104 Å². The quantitative estimate of drug-likeness (QED) is 0.414. The molecule has 0 saturated heterocycles. The van der Waals surface area contributed by atoms with Crippen LogP contribution in [-0.4, -0.2) is 33.3 Å². The van der Waals surface area contributed by atoms with Gasteiger partial charge in [-0.15, -0.1) is 0 Å². The number of carbonyl (C=O) groups excluding carboxylic acids is 2. The highest BCUT2D eigenvalue weighted by atomic mass is 35.5. The van der Waals surface area contributed by atoms with Crippen LogP contribution in [0.2, 0.25) is 10.0 Å². The Balaban J connectivity index is 1.58. The Morgan fingerprint density at radius 1 is 0.781 bits per heavy atom. The lowest BCUT2D eigenvalue weighted by molar-refractivity contribution is 0.0927. The number of benzene rings is 3. The molecule has 0 aliphatic carbocycles. The number of halogens is 2. The summed E-state index contributed by atoms with van der Waals surface area (Å²) in [5.41, 5.74) is 0.809. The molecule has 2 amide bonds. The van der Waals surface area contributed by atoms with Gasteiger partial charge in [0.15, 0.2) is 0 Å². The lowest BCUT2D eigenvalue weighted by Crippen LogP contribution is -2.34. The fraction of sp³-hybridized carbons (Fsp3) is 0.0909. The number of amides is 2. The molecule has 3 aromatic rings. The van der Waals surface area contributed by atoms with Crippen molar-refractivity contribution >= 4 is 50.7 Å². The van der Waals surface area contributed by atoms with Gasteiger partial charge in [-0.2, -0.15) is 0 Å². The van der Waals surface area contributed by atoms with Crippen molar-refractivity contribution < 1.29 is 18.0 Å². The van der Waals surface area contributed by atoms with Crippen LogP contribution in [0.3, 0.4) is 0 Å². The zero-order valence-corrected chi connectivity index (χ0v) is 19.0. The van der Waals surface area contributed by atoms with Crippen LogP contribution in [0.5, 0.6) is 0 Å². The van der Waals surface area contributed by atoms with E-state index in [1.807, 2.05) is 0 Å². The van der Waals surface area contributed by atoms with E-state index in [2.05, 4.69) is 15.4 Å². The van der Waals surface area contributed by atoms with Gasteiger partial charge in [-0.05, 0) is 48.5 Å². The number of anilines is 1. The van der Waals surface area contributed by atoms with Gasteiger partial charge in [0.1, 0.15) is 0 Å². The third-order valence-electron chi connectivity index (χ3n) is 4.30. The minimum Gasteiger partial charge on any atom is -0.350 e. The van der Waals surface area contributed by atoms with Gasteiger partial charge in [0, 0.05) is 23.7 Å². The highest BCUT2D eigenvalue weighted by Gasteiger charge is 2.17. The monoisotopic (exact) mass is 491 g/mol. The number of nitrogens with one attached hydrogen (secondary N) is 3. The van der Waals surface area contributed by atoms with Crippen LogP contribution in [0.25, 0.3) is 0 Å². The van der Waals surface area contributed by atoms with Crippen LogP contribution in [0.15, 0.2) is 77.7 Å². The molecular weight excluding hydrogens is 473 g/mol. The van der Waals surface area contributed by atoms with E-state index in [0.29, 0.717) is 21.3 Å². The summed E-state index contributed by atoms with van der Waals surface area (Å²) in [6, 6.07) is 18.5. The minimum absolute atomic E-state index is 0.0721. The predicted octanol–water partition coefficient (Wildman–Crippen LogP) is 3.95. The highest BCUT2D eigenvalue weighted by molar-refractivity contribution is 7.92. The maximum atomic E-state index is 12.6. The van der Waals surface area contributed by atoms with E-state index >= 15 is 0 Å². The molecule has 32 heavy (non-hydrogen) atoms. The van der Waals surface area contributed by atoms with Crippen molar-refractivity contribution in [3.8, 4) is 0 Å². The number of carbonyl (C=O) groups is 2. The maximum absolute atomic E-state index is 12.6. The van der Waals surface area contributed by atoms with Gasteiger partial charge in [-0.1, -0.05) is 47.5 Å². The average molecular weight is 492 g/mol. The van der Waals surface area contributed by atoms with E-state index in [4.69, 9.17) is 23.2 Å². The molecule has 0 radical (unpaired) electrons. The molecule has 0 aliphatic rings. The molecule has 3 aromatic carbocycles. The smallest absolute Gasteiger partial charge is 0.261 e. The van der Waals surface area contributed by atoms with Crippen LogP contribution in [0.4, 0.5) is 5.69 Å². The standard InChI is InChI=1S/C22H19Cl2N3O4S/c23-16-6-4-7-17(14-16)27-32(30,31)18-8-3-5-15(13-18)21(28)25-11-12-26-22(29)19-9-1-2-10-20(19)24/h1-10,13-14,27H,11-12H2,(H,25,28)(H,26,29). The third-order valence-corrected chi connectivity index (χ3v) is 6.24. The molecular formula is C22H19Cl2N3O4S. The molecule has 0 aliphatic heterocycles. The van der Waals surface area contributed by atoms with E-state index in [-0.39, 0.29) is 29.5 Å². The van der Waals surface area contributed by atoms with E-state index in [1.54, 1.807) is 42.5 Å². The molecule has 0 heterocycles. The molecule has 3 N–H and O–H groups in total. The molecule has 0 saturated carbocycles. The van der Waals surface area contributed by atoms with E-state index in [9.17, 15) is 18.0 Å². The fourth-order valence-corrected chi connectivity index (χ4v) is 4.27. The van der Waals surface area contributed by atoms with Gasteiger partial charge in [0.05, 0.1) is 21.2 Å². The third kappa shape index (κ3) is 6.23. The van der Waals surface area contributed by atoms with Crippen LogP contribution >= 0.6 is 23.2 Å². The molecule has 0 aromatic heterocycles. The first-order valence-corrected chi connectivity index (χ1v) is 11.7. The van der Waals surface area contributed by atoms with Crippen molar-refractivity contribution in [2.75, 3.05) is 17.8 Å². The maximum Gasteiger partial charge on any atom is 0.261 e. The van der Waals surface area contributed by atoms with Crippen molar-refractivity contribution in [2.24, 2.45) is 0 Å². The Morgan fingerprint density at radius 2 is 1.47 bits per heavy atom. The van der Waals surface area contributed by atoms with Gasteiger partial charge >= 0.3 is 0 Å². The van der Waals surface area contributed by atoms with Crippen LogP contribution in [0.1, 0.15) is 20.7 Å². The molecule has 0 unspecified atom stereocenters. The molecule has 0 bridgehead atoms. The fourth-order valence-electron chi connectivity index (χ4n) is 2.77. The van der Waals surface area contributed by atoms with Crippen LogP contribution < -0.4 is 15.4 Å².